The van der Waals surface area contributed by atoms with Gasteiger partial charge in [0.1, 0.15) is 0 Å². The Bertz CT molecular complexity index is 545. The topological polar surface area (TPSA) is 46.2 Å². The Morgan fingerprint density at radius 1 is 1.00 bits per heavy atom. The van der Waals surface area contributed by atoms with Crippen LogP contribution in [0.2, 0.25) is 10.0 Å². The molecule has 100 valence electrons. The molecule has 0 fully saturated rings. The van der Waals surface area contributed by atoms with Crippen LogP contribution in [0.5, 0.6) is 0 Å². The molecule has 2 unspecified atom stereocenters. The third-order valence-corrected chi connectivity index (χ3v) is 3.74. The predicted octanol–water partition coefficient (Wildman–Crippen LogP) is 3.60. The van der Waals surface area contributed by atoms with Crippen molar-refractivity contribution in [3.05, 3.63) is 69.7 Å². The SMILES string of the molecule is NC(Cc1ccccc1)C(O)c1ccc(Cl)c(Cl)c1. The average molecular weight is 296 g/mol. The van der Waals surface area contributed by atoms with Crippen LogP contribution in [0.4, 0.5) is 0 Å². The molecule has 3 N–H and O–H groups in total. The molecule has 0 saturated carbocycles. The zero-order valence-electron chi connectivity index (χ0n) is 10.3. The molecule has 2 atom stereocenters. The minimum absolute atomic E-state index is 0.389. The van der Waals surface area contributed by atoms with Gasteiger partial charge < -0.3 is 10.8 Å². The molecule has 0 heterocycles. The summed E-state index contributed by atoms with van der Waals surface area (Å²) in [6.45, 7) is 0. The molecule has 2 aromatic carbocycles. The fourth-order valence-electron chi connectivity index (χ4n) is 1.94. The van der Waals surface area contributed by atoms with Crippen molar-refractivity contribution in [2.24, 2.45) is 5.73 Å². The van der Waals surface area contributed by atoms with Crippen molar-refractivity contribution in [3.63, 3.8) is 0 Å². The Labute approximate surface area is 122 Å². The van der Waals surface area contributed by atoms with Crippen LogP contribution in [0, 0.1) is 0 Å². The highest BCUT2D eigenvalue weighted by Gasteiger charge is 2.18. The first-order valence-electron chi connectivity index (χ1n) is 6.00. The first kappa shape index (κ1) is 14.4. The molecule has 0 aliphatic heterocycles. The number of halogens is 2. The molecule has 0 amide bonds. The van der Waals surface area contributed by atoms with Crippen molar-refractivity contribution in [2.45, 2.75) is 18.6 Å². The van der Waals surface area contributed by atoms with Crippen LogP contribution >= 0.6 is 23.2 Å². The predicted molar refractivity (Wildman–Crippen MR) is 79.5 cm³/mol. The summed E-state index contributed by atoms with van der Waals surface area (Å²) < 4.78 is 0. The van der Waals surface area contributed by atoms with Gasteiger partial charge >= 0.3 is 0 Å². The summed E-state index contributed by atoms with van der Waals surface area (Å²) >= 11 is 11.8. The summed E-state index contributed by atoms with van der Waals surface area (Å²) in [5.41, 5.74) is 7.81. The quantitative estimate of drug-likeness (QED) is 0.905. The summed E-state index contributed by atoms with van der Waals surface area (Å²) in [5.74, 6) is 0. The molecule has 0 spiro atoms. The molecule has 0 aromatic heterocycles. The third-order valence-electron chi connectivity index (χ3n) is 3.00. The Morgan fingerprint density at radius 2 is 1.68 bits per heavy atom. The number of benzene rings is 2. The molecule has 0 saturated heterocycles. The smallest absolute Gasteiger partial charge is 0.0944 e. The van der Waals surface area contributed by atoms with Gasteiger partial charge in [-0.3, -0.25) is 0 Å². The van der Waals surface area contributed by atoms with Gasteiger partial charge in [0.05, 0.1) is 16.1 Å². The standard InChI is InChI=1S/C15H15Cl2NO/c16-12-7-6-11(9-13(12)17)15(19)14(18)8-10-4-2-1-3-5-10/h1-7,9,14-15,19H,8,18H2. The van der Waals surface area contributed by atoms with E-state index in [1.54, 1.807) is 18.2 Å². The lowest BCUT2D eigenvalue weighted by atomic mass is 9.97. The Balaban J connectivity index is 2.10. The molecule has 0 bridgehead atoms. The number of hydrogen-bond acceptors (Lipinski definition) is 2. The normalized spacial score (nSPS) is 14.1. The van der Waals surface area contributed by atoms with E-state index >= 15 is 0 Å². The summed E-state index contributed by atoms with van der Waals surface area (Å²) in [6, 6.07) is 14.5. The van der Waals surface area contributed by atoms with Gasteiger partial charge in [0, 0.05) is 6.04 Å². The van der Waals surface area contributed by atoms with Crippen LogP contribution < -0.4 is 5.73 Å². The lowest BCUT2D eigenvalue weighted by molar-refractivity contribution is 0.146. The molecule has 0 aliphatic rings. The monoisotopic (exact) mass is 295 g/mol. The zero-order chi connectivity index (χ0) is 13.8. The first-order valence-corrected chi connectivity index (χ1v) is 6.76. The number of aliphatic hydroxyl groups excluding tert-OH is 1. The minimum Gasteiger partial charge on any atom is -0.387 e. The van der Waals surface area contributed by atoms with Gasteiger partial charge in [-0.25, -0.2) is 0 Å². The minimum atomic E-state index is -0.769. The fraction of sp³-hybridized carbons (Fsp3) is 0.200. The summed E-state index contributed by atoms with van der Waals surface area (Å²) in [7, 11) is 0. The van der Waals surface area contributed by atoms with Crippen LogP contribution in [0.1, 0.15) is 17.2 Å². The largest absolute Gasteiger partial charge is 0.387 e. The van der Waals surface area contributed by atoms with Crippen LogP contribution in [0.25, 0.3) is 0 Å². The van der Waals surface area contributed by atoms with Gasteiger partial charge in [-0.2, -0.15) is 0 Å². The van der Waals surface area contributed by atoms with E-state index in [-0.39, 0.29) is 6.04 Å². The second-order valence-corrected chi connectivity index (χ2v) is 5.29. The van der Waals surface area contributed by atoms with Crippen molar-refractivity contribution >= 4 is 23.2 Å². The molecule has 2 nitrogen and oxygen atoms in total. The molecule has 2 rings (SSSR count). The highest BCUT2D eigenvalue weighted by molar-refractivity contribution is 6.42. The number of aliphatic hydroxyl groups is 1. The van der Waals surface area contributed by atoms with E-state index in [0.717, 1.165) is 5.56 Å². The van der Waals surface area contributed by atoms with Crippen LogP contribution in [0.3, 0.4) is 0 Å². The van der Waals surface area contributed by atoms with Crippen molar-refractivity contribution in [3.8, 4) is 0 Å². The van der Waals surface area contributed by atoms with E-state index in [9.17, 15) is 5.11 Å². The van der Waals surface area contributed by atoms with Gasteiger partial charge in [0.2, 0.25) is 0 Å². The van der Waals surface area contributed by atoms with Gasteiger partial charge in [-0.15, -0.1) is 0 Å². The second-order valence-electron chi connectivity index (χ2n) is 4.47. The van der Waals surface area contributed by atoms with E-state index < -0.39 is 6.10 Å². The first-order chi connectivity index (χ1) is 9.08. The van der Waals surface area contributed by atoms with Crippen molar-refractivity contribution in [1.29, 1.82) is 0 Å². The summed E-state index contributed by atoms with van der Waals surface area (Å²) in [6.07, 6.45) is -0.169. The Hall–Kier alpha value is -1.06. The van der Waals surface area contributed by atoms with E-state index in [1.165, 1.54) is 0 Å². The highest BCUT2D eigenvalue weighted by atomic mass is 35.5. The zero-order valence-corrected chi connectivity index (χ0v) is 11.8. The Morgan fingerprint density at radius 3 is 2.32 bits per heavy atom. The maximum absolute atomic E-state index is 10.2. The van der Waals surface area contributed by atoms with Crippen molar-refractivity contribution < 1.29 is 5.11 Å². The second kappa shape index (κ2) is 6.40. The van der Waals surface area contributed by atoms with Crippen LogP contribution in [-0.4, -0.2) is 11.1 Å². The molecular weight excluding hydrogens is 281 g/mol. The molecular formula is C15H15Cl2NO. The van der Waals surface area contributed by atoms with Crippen molar-refractivity contribution in [2.75, 3.05) is 0 Å². The fourth-order valence-corrected chi connectivity index (χ4v) is 2.25. The maximum Gasteiger partial charge on any atom is 0.0944 e. The number of hydrogen-bond donors (Lipinski definition) is 2. The average Bonchev–Trinajstić information content (AvgIpc) is 2.42. The molecule has 4 heteroatoms. The van der Waals surface area contributed by atoms with Gasteiger partial charge in [0.15, 0.2) is 0 Å². The molecule has 19 heavy (non-hydrogen) atoms. The highest BCUT2D eigenvalue weighted by Crippen LogP contribution is 2.27. The Kier molecular flexibility index (Phi) is 4.83. The lowest BCUT2D eigenvalue weighted by Crippen LogP contribution is -2.30. The lowest BCUT2D eigenvalue weighted by Gasteiger charge is -2.19. The summed E-state index contributed by atoms with van der Waals surface area (Å²) in [4.78, 5) is 0. The van der Waals surface area contributed by atoms with E-state index in [2.05, 4.69) is 0 Å². The maximum atomic E-state index is 10.2. The van der Waals surface area contributed by atoms with Crippen molar-refractivity contribution in [1.82, 2.24) is 0 Å². The molecule has 0 radical (unpaired) electrons. The van der Waals surface area contributed by atoms with Crippen LogP contribution in [0.15, 0.2) is 48.5 Å². The van der Waals surface area contributed by atoms with Gasteiger partial charge in [-0.1, -0.05) is 59.6 Å². The third kappa shape index (κ3) is 3.71. The number of nitrogens with two attached hydrogens (primary N) is 1. The molecule has 0 aliphatic carbocycles. The number of rotatable bonds is 4. The molecule has 2 aromatic rings. The van der Waals surface area contributed by atoms with E-state index in [1.807, 2.05) is 30.3 Å². The van der Waals surface area contributed by atoms with Gasteiger partial charge in [0.25, 0.3) is 0 Å². The van der Waals surface area contributed by atoms with Crippen LogP contribution in [-0.2, 0) is 6.42 Å². The van der Waals surface area contributed by atoms with E-state index in [4.69, 9.17) is 28.9 Å². The van der Waals surface area contributed by atoms with Gasteiger partial charge in [-0.05, 0) is 29.7 Å². The summed E-state index contributed by atoms with van der Waals surface area (Å²) in [5, 5.41) is 11.1. The van der Waals surface area contributed by atoms with E-state index in [0.29, 0.717) is 22.0 Å².